The number of carbonyl (C=O) groups is 1. The van der Waals surface area contributed by atoms with Gasteiger partial charge in [-0.25, -0.2) is 9.97 Å². The Morgan fingerprint density at radius 1 is 1.16 bits per heavy atom. The van der Waals surface area contributed by atoms with Gasteiger partial charge in [0.05, 0.1) is 24.0 Å². The molecule has 1 aliphatic heterocycles. The zero-order valence-corrected chi connectivity index (χ0v) is 17.3. The number of pyridine rings is 2. The Balaban J connectivity index is 1.55. The highest BCUT2D eigenvalue weighted by atomic mass is 19.4. The van der Waals surface area contributed by atoms with E-state index >= 15 is 0 Å². The molecule has 0 bridgehead atoms. The number of carbonyl (C=O) groups excluding carboxylic acids is 1. The maximum atomic E-state index is 13.4. The molecule has 1 amide bonds. The van der Waals surface area contributed by atoms with E-state index in [1.54, 1.807) is 24.0 Å². The summed E-state index contributed by atoms with van der Waals surface area (Å²) in [6, 6.07) is 4.92. The largest absolute Gasteiger partial charge is 0.475 e. The van der Waals surface area contributed by atoms with Gasteiger partial charge in [-0.3, -0.25) is 4.79 Å². The van der Waals surface area contributed by atoms with Crippen molar-refractivity contribution in [3.63, 3.8) is 0 Å². The molecule has 168 valence electrons. The summed E-state index contributed by atoms with van der Waals surface area (Å²) in [5, 5.41) is 8.19. The number of rotatable bonds is 5. The van der Waals surface area contributed by atoms with Gasteiger partial charge in [-0.05, 0) is 44.4 Å². The van der Waals surface area contributed by atoms with Crippen molar-refractivity contribution in [1.29, 1.82) is 0 Å². The standard InChI is InChI=1S/C21H21F3N6O2/c1-14-5-6-17(30-26-9-10-27-30)19(28-14)20(31)29-11-3-2-4-16(29)13-32-18-12-15(7-8-25-18)21(22,23)24/h5-10,12,16H,2-4,11,13H2,1H3. The third-order valence-corrected chi connectivity index (χ3v) is 5.22. The maximum Gasteiger partial charge on any atom is 0.416 e. The number of aryl methyl sites for hydroxylation is 1. The molecule has 0 spiro atoms. The second kappa shape index (κ2) is 8.93. The number of amides is 1. The lowest BCUT2D eigenvalue weighted by atomic mass is 10.0. The molecule has 4 rings (SSSR count). The number of aromatic nitrogens is 5. The van der Waals surface area contributed by atoms with Gasteiger partial charge in [-0.2, -0.15) is 23.4 Å². The van der Waals surface area contributed by atoms with E-state index in [1.165, 1.54) is 17.2 Å². The first-order valence-corrected chi connectivity index (χ1v) is 10.1. The van der Waals surface area contributed by atoms with E-state index in [4.69, 9.17) is 4.74 Å². The number of nitrogens with zero attached hydrogens (tertiary/aromatic N) is 6. The lowest BCUT2D eigenvalue weighted by Gasteiger charge is -2.35. The Morgan fingerprint density at radius 2 is 1.94 bits per heavy atom. The van der Waals surface area contributed by atoms with Crippen LogP contribution in [0.25, 0.3) is 5.69 Å². The maximum absolute atomic E-state index is 13.4. The van der Waals surface area contributed by atoms with Gasteiger partial charge in [-0.1, -0.05) is 0 Å². The molecule has 0 radical (unpaired) electrons. The molecule has 8 nitrogen and oxygen atoms in total. The summed E-state index contributed by atoms with van der Waals surface area (Å²) in [5.41, 5.74) is 0.502. The molecule has 1 unspecified atom stereocenters. The van der Waals surface area contributed by atoms with Gasteiger partial charge < -0.3 is 9.64 Å². The molecule has 11 heteroatoms. The predicted molar refractivity (Wildman–Crippen MR) is 107 cm³/mol. The molecule has 0 N–H and O–H groups in total. The highest BCUT2D eigenvalue weighted by molar-refractivity contribution is 5.96. The number of hydrogen-bond acceptors (Lipinski definition) is 6. The Hall–Kier alpha value is -3.50. The number of piperidine rings is 1. The Morgan fingerprint density at radius 3 is 2.69 bits per heavy atom. The second-order valence-electron chi connectivity index (χ2n) is 7.48. The average molecular weight is 446 g/mol. The van der Waals surface area contributed by atoms with Crippen molar-refractivity contribution in [2.45, 2.75) is 38.4 Å². The Kier molecular flexibility index (Phi) is 6.06. The van der Waals surface area contributed by atoms with Crippen molar-refractivity contribution in [1.82, 2.24) is 29.9 Å². The fraction of sp³-hybridized carbons (Fsp3) is 0.381. The summed E-state index contributed by atoms with van der Waals surface area (Å²) >= 11 is 0. The first-order valence-electron chi connectivity index (χ1n) is 10.1. The van der Waals surface area contributed by atoms with Crippen molar-refractivity contribution in [2.24, 2.45) is 0 Å². The van der Waals surface area contributed by atoms with E-state index in [-0.39, 0.29) is 30.1 Å². The molecule has 3 aromatic heterocycles. The third-order valence-electron chi connectivity index (χ3n) is 5.22. The molecule has 32 heavy (non-hydrogen) atoms. The van der Waals surface area contributed by atoms with Crippen LogP contribution in [0.4, 0.5) is 13.2 Å². The summed E-state index contributed by atoms with van der Waals surface area (Å²) in [4.78, 5) is 24.7. The van der Waals surface area contributed by atoms with Crippen LogP contribution in [-0.4, -0.2) is 55.0 Å². The quantitative estimate of drug-likeness (QED) is 0.597. The Labute approximate surface area is 182 Å². The SMILES string of the molecule is Cc1ccc(-n2nccn2)c(C(=O)N2CCCCC2COc2cc(C(F)(F)F)ccn2)n1. The molecule has 1 saturated heterocycles. The van der Waals surface area contributed by atoms with Crippen molar-refractivity contribution >= 4 is 5.91 Å². The van der Waals surface area contributed by atoms with E-state index in [9.17, 15) is 18.0 Å². The van der Waals surface area contributed by atoms with E-state index in [0.717, 1.165) is 31.2 Å². The summed E-state index contributed by atoms with van der Waals surface area (Å²) in [6.45, 7) is 2.30. The lowest BCUT2D eigenvalue weighted by molar-refractivity contribution is -0.137. The van der Waals surface area contributed by atoms with E-state index in [0.29, 0.717) is 24.3 Å². The van der Waals surface area contributed by atoms with Gasteiger partial charge >= 0.3 is 6.18 Å². The van der Waals surface area contributed by atoms with Crippen LogP contribution >= 0.6 is 0 Å². The van der Waals surface area contributed by atoms with Gasteiger partial charge in [0.25, 0.3) is 5.91 Å². The minimum atomic E-state index is -4.48. The predicted octanol–water partition coefficient (Wildman–Crippen LogP) is 3.46. The summed E-state index contributed by atoms with van der Waals surface area (Å²) in [7, 11) is 0. The van der Waals surface area contributed by atoms with E-state index < -0.39 is 11.7 Å². The molecule has 1 aliphatic rings. The van der Waals surface area contributed by atoms with Crippen LogP contribution < -0.4 is 4.74 Å². The third kappa shape index (κ3) is 4.71. The zero-order chi connectivity index (χ0) is 22.7. The molecular formula is C21H21F3N6O2. The topological polar surface area (TPSA) is 86.0 Å². The van der Waals surface area contributed by atoms with Gasteiger partial charge in [0.2, 0.25) is 5.88 Å². The van der Waals surface area contributed by atoms with Crippen molar-refractivity contribution < 1.29 is 22.7 Å². The molecule has 3 aromatic rings. The lowest BCUT2D eigenvalue weighted by Crippen LogP contribution is -2.47. The first kappa shape index (κ1) is 21.7. The van der Waals surface area contributed by atoms with Gasteiger partial charge in [0, 0.05) is 24.5 Å². The summed E-state index contributed by atoms with van der Waals surface area (Å²) in [6.07, 6.45) is 1.94. The number of ether oxygens (including phenoxy) is 1. The van der Waals surface area contributed by atoms with Crippen LogP contribution in [0.1, 0.15) is 41.0 Å². The highest BCUT2D eigenvalue weighted by Crippen LogP contribution is 2.30. The van der Waals surface area contributed by atoms with Crippen LogP contribution in [0.3, 0.4) is 0 Å². The van der Waals surface area contributed by atoms with Gasteiger partial charge in [0.1, 0.15) is 12.3 Å². The van der Waals surface area contributed by atoms with E-state index in [2.05, 4.69) is 20.2 Å². The Bertz CT molecular complexity index is 1090. The molecule has 0 aliphatic carbocycles. The summed E-state index contributed by atoms with van der Waals surface area (Å²) < 4.78 is 44.4. The molecular weight excluding hydrogens is 425 g/mol. The monoisotopic (exact) mass is 446 g/mol. The normalized spacial score (nSPS) is 16.8. The highest BCUT2D eigenvalue weighted by Gasteiger charge is 2.33. The van der Waals surface area contributed by atoms with Gasteiger partial charge in [0.15, 0.2) is 5.69 Å². The number of hydrogen-bond donors (Lipinski definition) is 0. The smallest absolute Gasteiger partial charge is 0.416 e. The average Bonchev–Trinajstić information content (AvgIpc) is 3.32. The van der Waals surface area contributed by atoms with Gasteiger partial charge in [-0.15, -0.1) is 4.80 Å². The van der Waals surface area contributed by atoms with Crippen molar-refractivity contribution in [2.75, 3.05) is 13.2 Å². The van der Waals surface area contributed by atoms with Crippen LogP contribution in [-0.2, 0) is 6.18 Å². The molecule has 0 aromatic carbocycles. The fourth-order valence-electron chi connectivity index (χ4n) is 3.63. The van der Waals surface area contributed by atoms with Crippen LogP contribution in [0.15, 0.2) is 42.9 Å². The number of halogens is 3. The molecule has 1 fully saturated rings. The van der Waals surface area contributed by atoms with Crippen molar-refractivity contribution in [3.8, 4) is 11.6 Å². The van der Waals surface area contributed by atoms with Crippen LogP contribution in [0.5, 0.6) is 5.88 Å². The molecule has 4 heterocycles. The fourth-order valence-corrected chi connectivity index (χ4v) is 3.63. The minimum absolute atomic E-state index is 0.0290. The van der Waals surface area contributed by atoms with Crippen LogP contribution in [0.2, 0.25) is 0 Å². The molecule has 1 atom stereocenters. The minimum Gasteiger partial charge on any atom is -0.475 e. The first-order chi connectivity index (χ1) is 15.3. The zero-order valence-electron chi connectivity index (χ0n) is 17.3. The number of likely N-dealkylation sites (tertiary alicyclic amines) is 1. The summed E-state index contributed by atoms with van der Waals surface area (Å²) in [5.74, 6) is -0.431. The number of alkyl halides is 3. The van der Waals surface area contributed by atoms with E-state index in [1.807, 2.05) is 0 Å². The van der Waals surface area contributed by atoms with Crippen LogP contribution in [0, 0.1) is 6.92 Å². The second-order valence-corrected chi connectivity index (χ2v) is 7.48. The molecule has 0 saturated carbocycles. The van der Waals surface area contributed by atoms with Crippen molar-refractivity contribution in [3.05, 3.63) is 59.8 Å².